The number of aromatic nitrogens is 1. The molecule has 2 aromatic heterocycles. The van der Waals surface area contributed by atoms with E-state index in [1.807, 2.05) is 0 Å². The van der Waals surface area contributed by atoms with Gasteiger partial charge in [0.2, 0.25) is 0 Å². The molecule has 0 aliphatic carbocycles. The number of nitrogens with zero attached hydrogens (tertiary/aromatic N) is 1. The van der Waals surface area contributed by atoms with Crippen LogP contribution in [0.15, 0.2) is 47.2 Å². The van der Waals surface area contributed by atoms with Crippen LogP contribution < -0.4 is 0 Å². The maximum absolute atomic E-state index is 4.72. The summed E-state index contributed by atoms with van der Waals surface area (Å²) in [5, 5.41) is 5.42. The summed E-state index contributed by atoms with van der Waals surface area (Å²) in [5.74, 6) is 0. The van der Waals surface area contributed by atoms with Crippen LogP contribution in [-0.2, 0) is 0 Å². The van der Waals surface area contributed by atoms with Gasteiger partial charge in [-0.05, 0) is 30.0 Å². The zero-order valence-electron chi connectivity index (χ0n) is 8.97. The van der Waals surface area contributed by atoms with Gasteiger partial charge in [-0.25, -0.2) is 4.98 Å². The van der Waals surface area contributed by atoms with Gasteiger partial charge in [0, 0.05) is 16.3 Å². The first kappa shape index (κ1) is 9.55. The molecule has 0 aliphatic rings. The first-order valence-electron chi connectivity index (χ1n) is 5.23. The maximum Gasteiger partial charge on any atom is 0.0738 e. The molecule has 0 bridgehead atoms. The number of fused-ring (bicyclic) bond motifs is 1. The number of benzene rings is 1. The lowest BCUT2D eigenvalue weighted by molar-refractivity contribution is 1.37. The standard InChI is InChI=1S/C14H11NS/c1-10-3-2-4-11-5-6-13(15-14(10)11)12-7-8-16-9-12/h2-9H,1H3. The van der Waals surface area contributed by atoms with E-state index in [0.29, 0.717) is 0 Å². The summed E-state index contributed by atoms with van der Waals surface area (Å²) in [4.78, 5) is 4.72. The Morgan fingerprint density at radius 1 is 1.06 bits per heavy atom. The minimum Gasteiger partial charge on any atom is -0.247 e. The van der Waals surface area contributed by atoms with E-state index in [2.05, 4.69) is 54.1 Å². The second-order valence-corrected chi connectivity index (χ2v) is 4.64. The smallest absolute Gasteiger partial charge is 0.0738 e. The second kappa shape index (κ2) is 3.72. The van der Waals surface area contributed by atoms with Gasteiger partial charge in [0.05, 0.1) is 11.2 Å². The average Bonchev–Trinajstić information content (AvgIpc) is 2.83. The molecule has 0 aliphatic heterocycles. The number of aryl methyl sites for hydroxylation is 1. The molecule has 3 rings (SSSR count). The van der Waals surface area contributed by atoms with Crippen molar-refractivity contribution in [1.29, 1.82) is 0 Å². The number of para-hydroxylation sites is 1. The molecule has 78 valence electrons. The number of pyridine rings is 1. The summed E-state index contributed by atoms with van der Waals surface area (Å²) in [7, 11) is 0. The van der Waals surface area contributed by atoms with Crippen molar-refractivity contribution < 1.29 is 0 Å². The third kappa shape index (κ3) is 1.51. The Hall–Kier alpha value is -1.67. The summed E-state index contributed by atoms with van der Waals surface area (Å²) in [6, 6.07) is 12.6. The molecule has 1 nitrogen and oxygen atoms in total. The van der Waals surface area contributed by atoms with Crippen LogP contribution in [0.1, 0.15) is 5.56 Å². The van der Waals surface area contributed by atoms with Crippen LogP contribution in [0.25, 0.3) is 22.2 Å². The molecule has 0 amide bonds. The van der Waals surface area contributed by atoms with Crippen LogP contribution in [0.5, 0.6) is 0 Å². The molecule has 1 aromatic carbocycles. The molecule has 0 atom stereocenters. The van der Waals surface area contributed by atoms with Crippen molar-refractivity contribution in [3.8, 4) is 11.3 Å². The minimum atomic E-state index is 1.06. The molecule has 3 aromatic rings. The zero-order chi connectivity index (χ0) is 11.0. The number of hydrogen-bond acceptors (Lipinski definition) is 2. The van der Waals surface area contributed by atoms with E-state index in [9.17, 15) is 0 Å². The highest BCUT2D eigenvalue weighted by Gasteiger charge is 2.03. The molecule has 16 heavy (non-hydrogen) atoms. The molecule has 2 heteroatoms. The summed E-state index contributed by atoms with van der Waals surface area (Å²) < 4.78 is 0. The fraction of sp³-hybridized carbons (Fsp3) is 0.0714. The lowest BCUT2D eigenvalue weighted by Gasteiger charge is -2.03. The molecule has 0 saturated heterocycles. The second-order valence-electron chi connectivity index (χ2n) is 3.86. The van der Waals surface area contributed by atoms with Gasteiger partial charge < -0.3 is 0 Å². The van der Waals surface area contributed by atoms with Crippen molar-refractivity contribution in [1.82, 2.24) is 4.98 Å². The SMILES string of the molecule is Cc1cccc2ccc(-c3ccsc3)nc12. The van der Waals surface area contributed by atoms with Gasteiger partial charge in [0.15, 0.2) is 0 Å². The quantitative estimate of drug-likeness (QED) is 0.602. The van der Waals surface area contributed by atoms with E-state index >= 15 is 0 Å². The lowest BCUT2D eigenvalue weighted by Crippen LogP contribution is -1.86. The third-order valence-corrected chi connectivity index (χ3v) is 3.42. The highest BCUT2D eigenvalue weighted by Crippen LogP contribution is 2.24. The van der Waals surface area contributed by atoms with Crippen LogP contribution in [-0.4, -0.2) is 4.98 Å². The van der Waals surface area contributed by atoms with Crippen LogP contribution in [0.4, 0.5) is 0 Å². The first-order valence-corrected chi connectivity index (χ1v) is 6.18. The van der Waals surface area contributed by atoms with E-state index < -0.39 is 0 Å². The summed E-state index contributed by atoms with van der Waals surface area (Å²) in [6.45, 7) is 2.10. The van der Waals surface area contributed by atoms with Gasteiger partial charge >= 0.3 is 0 Å². The van der Waals surface area contributed by atoms with Crippen molar-refractivity contribution in [3.05, 3.63) is 52.7 Å². The zero-order valence-corrected chi connectivity index (χ0v) is 9.79. The highest BCUT2D eigenvalue weighted by molar-refractivity contribution is 7.08. The van der Waals surface area contributed by atoms with Gasteiger partial charge in [0.1, 0.15) is 0 Å². The first-order chi connectivity index (χ1) is 7.84. The molecule has 0 unspecified atom stereocenters. The van der Waals surface area contributed by atoms with E-state index in [4.69, 9.17) is 4.98 Å². The molecular weight excluding hydrogens is 214 g/mol. The van der Waals surface area contributed by atoms with Crippen LogP contribution in [0.3, 0.4) is 0 Å². The van der Waals surface area contributed by atoms with Crippen molar-refractivity contribution in [3.63, 3.8) is 0 Å². The Kier molecular flexibility index (Phi) is 2.22. The minimum absolute atomic E-state index is 1.06. The number of thiophene rings is 1. The van der Waals surface area contributed by atoms with E-state index in [1.165, 1.54) is 16.5 Å². The Morgan fingerprint density at radius 3 is 2.81 bits per heavy atom. The lowest BCUT2D eigenvalue weighted by atomic mass is 10.1. The molecular formula is C14H11NS. The Balaban J connectivity index is 2.27. The van der Waals surface area contributed by atoms with Gasteiger partial charge in [-0.3, -0.25) is 0 Å². The number of hydrogen-bond donors (Lipinski definition) is 0. The summed E-state index contributed by atoms with van der Waals surface area (Å²) in [5.41, 5.74) is 4.60. The van der Waals surface area contributed by atoms with Crippen molar-refractivity contribution in [2.24, 2.45) is 0 Å². The highest BCUT2D eigenvalue weighted by atomic mass is 32.1. The maximum atomic E-state index is 4.72. The molecule has 2 heterocycles. The Labute approximate surface area is 98.4 Å². The van der Waals surface area contributed by atoms with Gasteiger partial charge in [0.25, 0.3) is 0 Å². The fourth-order valence-electron chi connectivity index (χ4n) is 1.87. The molecule has 0 N–H and O–H groups in total. The number of rotatable bonds is 1. The van der Waals surface area contributed by atoms with Crippen molar-refractivity contribution in [2.75, 3.05) is 0 Å². The predicted octanol–water partition coefficient (Wildman–Crippen LogP) is 4.27. The predicted molar refractivity (Wildman–Crippen MR) is 69.8 cm³/mol. The third-order valence-electron chi connectivity index (χ3n) is 2.74. The van der Waals surface area contributed by atoms with E-state index in [0.717, 1.165) is 11.2 Å². The summed E-state index contributed by atoms with van der Waals surface area (Å²) >= 11 is 1.70. The molecule has 0 saturated carbocycles. The molecule has 0 spiro atoms. The van der Waals surface area contributed by atoms with Gasteiger partial charge in [-0.2, -0.15) is 11.3 Å². The topological polar surface area (TPSA) is 12.9 Å². The Bertz CT molecular complexity index is 626. The van der Waals surface area contributed by atoms with Crippen LogP contribution >= 0.6 is 11.3 Å². The molecule has 0 fully saturated rings. The average molecular weight is 225 g/mol. The molecule has 0 radical (unpaired) electrons. The van der Waals surface area contributed by atoms with E-state index in [-0.39, 0.29) is 0 Å². The fourth-order valence-corrected chi connectivity index (χ4v) is 2.52. The van der Waals surface area contributed by atoms with Crippen LogP contribution in [0, 0.1) is 6.92 Å². The van der Waals surface area contributed by atoms with E-state index in [1.54, 1.807) is 11.3 Å². The normalized spacial score (nSPS) is 10.8. The summed E-state index contributed by atoms with van der Waals surface area (Å²) in [6.07, 6.45) is 0. The van der Waals surface area contributed by atoms with Crippen molar-refractivity contribution >= 4 is 22.2 Å². The largest absolute Gasteiger partial charge is 0.247 e. The van der Waals surface area contributed by atoms with Crippen molar-refractivity contribution in [2.45, 2.75) is 6.92 Å². The van der Waals surface area contributed by atoms with Gasteiger partial charge in [-0.1, -0.05) is 24.3 Å². The van der Waals surface area contributed by atoms with Gasteiger partial charge in [-0.15, -0.1) is 0 Å². The monoisotopic (exact) mass is 225 g/mol. The Morgan fingerprint density at radius 2 is 2.00 bits per heavy atom. The van der Waals surface area contributed by atoms with Crippen LogP contribution in [0.2, 0.25) is 0 Å².